The first-order valence-corrected chi connectivity index (χ1v) is 11.6. The van der Waals surface area contributed by atoms with E-state index in [1.54, 1.807) is 16.8 Å². The van der Waals surface area contributed by atoms with Crippen LogP contribution in [0.1, 0.15) is 27.9 Å². The van der Waals surface area contributed by atoms with Gasteiger partial charge < -0.3 is 16.3 Å². The second-order valence-electron chi connectivity index (χ2n) is 8.37. The standard InChI is InChI=1S/C26H24ClN7O/c1-17-22(14-18-6-3-2-4-7-18)24(28)34-26(29-17)31-25(32-34)30-23-15-21(27)12-11-20(23)10-9-19-8-5-13-33(35)16-19/h2-8,11-13,15-16H,9-10,14,28H2,1H3,(H,30,32). The Morgan fingerprint density at radius 2 is 1.83 bits per heavy atom. The average Bonchev–Trinajstić information content (AvgIpc) is 3.24. The molecule has 0 unspecified atom stereocenters. The fourth-order valence-corrected chi connectivity index (χ4v) is 4.24. The van der Waals surface area contributed by atoms with E-state index < -0.39 is 0 Å². The highest BCUT2D eigenvalue weighted by molar-refractivity contribution is 6.30. The third-order valence-corrected chi connectivity index (χ3v) is 6.13. The molecule has 0 amide bonds. The lowest BCUT2D eigenvalue weighted by molar-refractivity contribution is -0.605. The molecule has 0 aliphatic heterocycles. The number of hydrogen-bond donors (Lipinski definition) is 2. The summed E-state index contributed by atoms with van der Waals surface area (Å²) in [4.78, 5) is 9.17. The number of nitrogens with two attached hydrogens (primary N) is 1. The van der Waals surface area contributed by atoms with E-state index in [-0.39, 0.29) is 0 Å². The van der Waals surface area contributed by atoms with Crippen molar-refractivity contribution in [2.45, 2.75) is 26.2 Å². The number of aromatic nitrogens is 5. The van der Waals surface area contributed by atoms with Crippen molar-refractivity contribution in [2.75, 3.05) is 11.1 Å². The van der Waals surface area contributed by atoms with Crippen LogP contribution >= 0.6 is 11.6 Å². The second kappa shape index (κ2) is 9.60. The molecule has 3 N–H and O–H groups in total. The SMILES string of the molecule is Cc1nc2nc(Nc3cc(Cl)ccc3CCc3ccc[n+]([O-])c3)nn2c(N)c1Cc1ccccc1. The zero-order valence-electron chi connectivity index (χ0n) is 19.1. The van der Waals surface area contributed by atoms with E-state index in [4.69, 9.17) is 17.3 Å². The van der Waals surface area contributed by atoms with Gasteiger partial charge in [0.2, 0.25) is 5.95 Å². The Hall–Kier alpha value is -4.17. The highest BCUT2D eigenvalue weighted by Crippen LogP contribution is 2.26. The van der Waals surface area contributed by atoms with Gasteiger partial charge in [-0.2, -0.15) is 14.2 Å². The third kappa shape index (κ3) is 5.02. The summed E-state index contributed by atoms with van der Waals surface area (Å²) in [7, 11) is 0. The molecule has 0 saturated heterocycles. The van der Waals surface area contributed by atoms with E-state index >= 15 is 0 Å². The number of nitrogens with zero attached hydrogens (tertiary/aromatic N) is 5. The van der Waals surface area contributed by atoms with Gasteiger partial charge in [0, 0.05) is 40.0 Å². The van der Waals surface area contributed by atoms with Gasteiger partial charge in [0.1, 0.15) is 5.82 Å². The van der Waals surface area contributed by atoms with E-state index in [1.165, 1.54) is 6.20 Å². The molecule has 176 valence electrons. The molecule has 5 aromatic rings. The van der Waals surface area contributed by atoms with Crippen LogP contribution in [0.4, 0.5) is 17.5 Å². The molecule has 3 aromatic heterocycles. The molecule has 0 aliphatic carbocycles. The van der Waals surface area contributed by atoms with Crippen LogP contribution in [0.15, 0.2) is 73.1 Å². The fourth-order valence-electron chi connectivity index (χ4n) is 4.07. The van der Waals surface area contributed by atoms with Crippen LogP contribution in [-0.4, -0.2) is 19.6 Å². The molecular weight excluding hydrogens is 462 g/mol. The van der Waals surface area contributed by atoms with Gasteiger partial charge in [0.25, 0.3) is 5.78 Å². The molecule has 0 fully saturated rings. The molecule has 0 saturated carbocycles. The Morgan fingerprint density at radius 1 is 1.03 bits per heavy atom. The van der Waals surface area contributed by atoms with Crippen LogP contribution in [0.2, 0.25) is 5.02 Å². The number of nitrogen functional groups attached to an aromatic ring is 1. The minimum absolute atomic E-state index is 0.376. The molecule has 0 bridgehead atoms. The van der Waals surface area contributed by atoms with Crippen molar-refractivity contribution in [3.05, 3.63) is 111 Å². The minimum Gasteiger partial charge on any atom is -0.619 e. The second-order valence-corrected chi connectivity index (χ2v) is 8.81. The Morgan fingerprint density at radius 3 is 2.63 bits per heavy atom. The normalized spacial score (nSPS) is 11.1. The maximum atomic E-state index is 11.6. The van der Waals surface area contributed by atoms with Crippen molar-refractivity contribution in [2.24, 2.45) is 0 Å². The maximum Gasteiger partial charge on any atom is 0.256 e. The molecule has 5 rings (SSSR count). The first kappa shape index (κ1) is 22.6. The Balaban J connectivity index is 1.42. The molecule has 35 heavy (non-hydrogen) atoms. The smallest absolute Gasteiger partial charge is 0.256 e. The van der Waals surface area contributed by atoms with Gasteiger partial charge in [-0.25, -0.2) is 4.98 Å². The van der Waals surface area contributed by atoms with E-state index in [0.717, 1.165) is 38.4 Å². The van der Waals surface area contributed by atoms with Gasteiger partial charge in [-0.05, 0) is 49.1 Å². The summed E-state index contributed by atoms with van der Waals surface area (Å²) in [6.07, 6.45) is 5.12. The van der Waals surface area contributed by atoms with Gasteiger partial charge in [0.05, 0.1) is 0 Å². The lowest BCUT2D eigenvalue weighted by Gasteiger charge is -2.10. The monoisotopic (exact) mass is 485 g/mol. The number of aryl methyl sites for hydroxylation is 3. The lowest BCUT2D eigenvalue weighted by atomic mass is 10.0. The van der Waals surface area contributed by atoms with Crippen LogP contribution < -0.4 is 15.8 Å². The van der Waals surface area contributed by atoms with E-state index in [1.807, 2.05) is 49.4 Å². The van der Waals surface area contributed by atoms with Crippen LogP contribution in [-0.2, 0) is 19.3 Å². The van der Waals surface area contributed by atoms with Crippen molar-refractivity contribution < 1.29 is 4.73 Å². The molecule has 9 heteroatoms. The number of hydrogen-bond acceptors (Lipinski definition) is 6. The molecule has 0 radical (unpaired) electrons. The largest absolute Gasteiger partial charge is 0.619 e. The van der Waals surface area contributed by atoms with Crippen LogP contribution in [0.3, 0.4) is 0 Å². The number of benzene rings is 2. The summed E-state index contributed by atoms with van der Waals surface area (Å²) in [5.41, 5.74) is 12.1. The minimum atomic E-state index is 0.376. The highest BCUT2D eigenvalue weighted by Gasteiger charge is 2.16. The summed E-state index contributed by atoms with van der Waals surface area (Å²) in [6, 6.07) is 19.4. The summed E-state index contributed by atoms with van der Waals surface area (Å²) < 4.78 is 2.37. The predicted octanol–water partition coefficient (Wildman–Crippen LogP) is 4.42. The van der Waals surface area contributed by atoms with Crippen molar-refractivity contribution >= 4 is 34.8 Å². The first-order valence-electron chi connectivity index (χ1n) is 11.2. The Bertz CT molecular complexity index is 1500. The third-order valence-electron chi connectivity index (χ3n) is 5.89. The zero-order chi connectivity index (χ0) is 24.4. The van der Waals surface area contributed by atoms with Crippen molar-refractivity contribution in [1.29, 1.82) is 0 Å². The number of rotatable bonds is 7. The van der Waals surface area contributed by atoms with Crippen LogP contribution in [0, 0.1) is 12.1 Å². The number of fused-ring (bicyclic) bond motifs is 1. The van der Waals surface area contributed by atoms with E-state index in [0.29, 0.717) is 41.8 Å². The molecule has 2 aromatic carbocycles. The van der Waals surface area contributed by atoms with E-state index in [9.17, 15) is 5.21 Å². The van der Waals surface area contributed by atoms with Crippen molar-refractivity contribution in [3.8, 4) is 0 Å². The average molecular weight is 486 g/mol. The number of anilines is 3. The van der Waals surface area contributed by atoms with Gasteiger partial charge in [-0.1, -0.05) is 48.0 Å². The van der Waals surface area contributed by atoms with Crippen molar-refractivity contribution in [3.63, 3.8) is 0 Å². The van der Waals surface area contributed by atoms with Gasteiger partial charge in [0.15, 0.2) is 12.4 Å². The summed E-state index contributed by atoms with van der Waals surface area (Å²) in [5.74, 6) is 1.31. The lowest BCUT2D eigenvalue weighted by Crippen LogP contribution is -2.24. The van der Waals surface area contributed by atoms with Gasteiger partial charge in [-0.3, -0.25) is 0 Å². The summed E-state index contributed by atoms with van der Waals surface area (Å²) in [6.45, 7) is 1.93. The highest BCUT2D eigenvalue weighted by atomic mass is 35.5. The van der Waals surface area contributed by atoms with Crippen LogP contribution in [0.25, 0.3) is 5.78 Å². The fraction of sp³-hybridized carbons (Fsp3) is 0.154. The van der Waals surface area contributed by atoms with Crippen molar-refractivity contribution in [1.82, 2.24) is 19.6 Å². The maximum absolute atomic E-state index is 11.6. The topological polar surface area (TPSA) is 108 Å². The quantitative estimate of drug-likeness (QED) is 0.261. The summed E-state index contributed by atoms with van der Waals surface area (Å²) >= 11 is 6.28. The number of pyridine rings is 1. The first-order chi connectivity index (χ1) is 17.0. The summed E-state index contributed by atoms with van der Waals surface area (Å²) in [5, 5.41) is 20.0. The van der Waals surface area contributed by atoms with E-state index in [2.05, 4.69) is 32.5 Å². The Labute approximate surface area is 207 Å². The number of halogens is 1. The zero-order valence-corrected chi connectivity index (χ0v) is 19.9. The Kier molecular flexibility index (Phi) is 6.20. The molecular formula is C26H24ClN7O. The van der Waals surface area contributed by atoms with Gasteiger partial charge >= 0.3 is 0 Å². The molecule has 8 nitrogen and oxygen atoms in total. The predicted molar refractivity (Wildman–Crippen MR) is 137 cm³/mol. The number of nitrogens with one attached hydrogen (secondary N) is 1. The molecule has 3 heterocycles. The van der Waals surface area contributed by atoms with Gasteiger partial charge in [-0.15, -0.1) is 5.10 Å². The molecule has 0 atom stereocenters. The molecule has 0 spiro atoms. The van der Waals surface area contributed by atoms with Crippen LogP contribution in [0.5, 0.6) is 0 Å². The molecule has 0 aliphatic rings.